The van der Waals surface area contributed by atoms with Crippen LogP contribution in [0.15, 0.2) is 41.0 Å². The molecule has 0 saturated carbocycles. The summed E-state index contributed by atoms with van der Waals surface area (Å²) < 4.78 is 5.74. The monoisotopic (exact) mass is 239 g/mol. The van der Waals surface area contributed by atoms with Crippen LogP contribution in [0.4, 0.5) is 0 Å². The Labute approximate surface area is 108 Å². The van der Waals surface area contributed by atoms with E-state index in [4.69, 9.17) is 4.74 Å². The van der Waals surface area contributed by atoms with E-state index in [1.807, 2.05) is 0 Å². The Balaban J connectivity index is 1.97. The second kappa shape index (κ2) is 4.13. The highest BCUT2D eigenvalue weighted by molar-refractivity contribution is 5.98. The molecule has 0 bridgehead atoms. The minimum Gasteiger partial charge on any atom is -0.489 e. The standard InChI is InChI=1S/C16H17NO/c1-10-6-14-5-4-13(8-16(14)18-9-10)15-7-11(2)17-12(15)3/h4-5,8H,1,6-7,9H2,2-3H3. The summed E-state index contributed by atoms with van der Waals surface area (Å²) in [4.78, 5) is 4.51. The van der Waals surface area contributed by atoms with Crippen molar-refractivity contribution in [3.05, 3.63) is 47.2 Å². The Morgan fingerprint density at radius 1 is 1.22 bits per heavy atom. The van der Waals surface area contributed by atoms with Gasteiger partial charge in [0.15, 0.2) is 0 Å². The maximum absolute atomic E-state index is 5.74. The molecule has 0 unspecified atom stereocenters. The van der Waals surface area contributed by atoms with Gasteiger partial charge in [0.25, 0.3) is 0 Å². The molecule has 0 radical (unpaired) electrons. The maximum Gasteiger partial charge on any atom is 0.123 e. The van der Waals surface area contributed by atoms with Gasteiger partial charge < -0.3 is 4.74 Å². The molecule has 2 aliphatic heterocycles. The molecule has 0 amide bonds. The first-order chi connectivity index (χ1) is 8.63. The van der Waals surface area contributed by atoms with Gasteiger partial charge in [-0.3, -0.25) is 4.99 Å². The van der Waals surface area contributed by atoms with Gasteiger partial charge in [0.1, 0.15) is 12.4 Å². The lowest BCUT2D eigenvalue weighted by Gasteiger charge is -2.20. The molecule has 0 saturated heterocycles. The molecule has 0 atom stereocenters. The van der Waals surface area contributed by atoms with Crippen molar-refractivity contribution in [2.45, 2.75) is 26.7 Å². The van der Waals surface area contributed by atoms with Crippen LogP contribution in [0.2, 0.25) is 0 Å². The molecule has 2 heteroatoms. The Morgan fingerprint density at radius 2 is 2.06 bits per heavy atom. The van der Waals surface area contributed by atoms with Crippen molar-refractivity contribution in [1.29, 1.82) is 0 Å². The predicted molar refractivity (Wildman–Crippen MR) is 75.1 cm³/mol. The van der Waals surface area contributed by atoms with Crippen molar-refractivity contribution >= 4 is 11.3 Å². The molecule has 2 heterocycles. The molecule has 0 spiro atoms. The van der Waals surface area contributed by atoms with Crippen LogP contribution in [-0.2, 0) is 6.42 Å². The number of benzene rings is 1. The van der Waals surface area contributed by atoms with Crippen LogP contribution < -0.4 is 4.74 Å². The topological polar surface area (TPSA) is 21.6 Å². The summed E-state index contributed by atoms with van der Waals surface area (Å²) in [5, 5.41) is 0. The Bertz CT molecular complexity index is 593. The SMILES string of the molecule is C=C1COc2cc(C3=C(C)N=C(C)C3)ccc2C1. The average Bonchev–Trinajstić information content (AvgIpc) is 2.68. The summed E-state index contributed by atoms with van der Waals surface area (Å²) >= 11 is 0. The van der Waals surface area contributed by atoms with Gasteiger partial charge in [-0.05, 0) is 42.2 Å². The quantitative estimate of drug-likeness (QED) is 0.683. The first-order valence-electron chi connectivity index (χ1n) is 6.30. The molecule has 3 rings (SSSR count). The highest BCUT2D eigenvalue weighted by Gasteiger charge is 2.17. The summed E-state index contributed by atoms with van der Waals surface area (Å²) in [7, 11) is 0. The first kappa shape index (κ1) is 11.3. The van der Waals surface area contributed by atoms with E-state index < -0.39 is 0 Å². The Hall–Kier alpha value is -1.83. The summed E-state index contributed by atoms with van der Waals surface area (Å²) in [6.45, 7) is 8.78. The summed E-state index contributed by atoms with van der Waals surface area (Å²) in [5.41, 5.74) is 7.26. The van der Waals surface area contributed by atoms with E-state index in [1.165, 1.54) is 22.4 Å². The normalized spacial score (nSPS) is 18.6. The van der Waals surface area contributed by atoms with Crippen LogP contribution in [-0.4, -0.2) is 12.3 Å². The molecule has 2 nitrogen and oxygen atoms in total. The molecule has 1 aromatic rings. The first-order valence-corrected chi connectivity index (χ1v) is 6.30. The Kier molecular flexibility index (Phi) is 2.58. The zero-order valence-electron chi connectivity index (χ0n) is 10.9. The van der Waals surface area contributed by atoms with Crippen molar-refractivity contribution in [3.63, 3.8) is 0 Å². The van der Waals surface area contributed by atoms with Gasteiger partial charge in [-0.15, -0.1) is 0 Å². The predicted octanol–water partition coefficient (Wildman–Crippen LogP) is 3.77. The van der Waals surface area contributed by atoms with Crippen LogP contribution in [0.3, 0.4) is 0 Å². The summed E-state index contributed by atoms with van der Waals surface area (Å²) in [6, 6.07) is 6.48. The number of nitrogens with zero attached hydrogens (tertiary/aromatic N) is 1. The van der Waals surface area contributed by atoms with Gasteiger partial charge in [-0.2, -0.15) is 0 Å². The van der Waals surface area contributed by atoms with E-state index in [2.05, 4.69) is 43.6 Å². The molecule has 0 fully saturated rings. The fraction of sp³-hybridized carbons (Fsp3) is 0.312. The van der Waals surface area contributed by atoms with Crippen molar-refractivity contribution in [2.24, 2.45) is 4.99 Å². The van der Waals surface area contributed by atoms with Gasteiger partial charge >= 0.3 is 0 Å². The molecule has 0 N–H and O–H groups in total. The average molecular weight is 239 g/mol. The van der Waals surface area contributed by atoms with Crippen LogP contribution in [0.1, 0.15) is 31.4 Å². The van der Waals surface area contributed by atoms with Gasteiger partial charge in [0.2, 0.25) is 0 Å². The van der Waals surface area contributed by atoms with Gasteiger partial charge in [-0.25, -0.2) is 0 Å². The maximum atomic E-state index is 5.74. The van der Waals surface area contributed by atoms with E-state index in [1.54, 1.807) is 0 Å². The van der Waals surface area contributed by atoms with Crippen LogP contribution in [0, 0.1) is 0 Å². The van der Waals surface area contributed by atoms with Crippen LogP contribution in [0.5, 0.6) is 5.75 Å². The molecule has 0 aromatic heterocycles. The minimum absolute atomic E-state index is 0.643. The van der Waals surface area contributed by atoms with Gasteiger partial charge in [0, 0.05) is 24.3 Å². The van der Waals surface area contributed by atoms with Crippen molar-refractivity contribution < 1.29 is 4.74 Å². The number of hydrogen-bond donors (Lipinski definition) is 0. The second-order valence-electron chi connectivity index (χ2n) is 5.13. The highest BCUT2D eigenvalue weighted by Crippen LogP contribution is 2.34. The highest BCUT2D eigenvalue weighted by atomic mass is 16.5. The molecule has 1 aromatic carbocycles. The third kappa shape index (κ3) is 1.88. The molecule has 18 heavy (non-hydrogen) atoms. The fourth-order valence-corrected chi connectivity index (χ4v) is 2.61. The number of ether oxygens (including phenoxy) is 1. The van der Waals surface area contributed by atoms with Crippen LogP contribution >= 0.6 is 0 Å². The van der Waals surface area contributed by atoms with Crippen molar-refractivity contribution in [1.82, 2.24) is 0 Å². The fourth-order valence-electron chi connectivity index (χ4n) is 2.61. The second-order valence-corrected chi connectivity index (χ2v) is 5.13. The van der Waals surface area contributed by atoms with Crippen LogP contribution in [0.25, 0.3) is 5.57 Å². The number of fused-ring (bicyclic) bond motifs is 1. The largest absolute Gasteiger partial charge is 0.489 e. The van der Waals surface area contributed by atoms with Crippen molar-refractivity contribution in [2.75, 3.05) is 6.61 Å². The number of aliphatic imine (C=N–C) groups is 1. The molecular weight excluding hydrogens is 222 g/mol. The smallest absolute Gasteiger partial charge is 0.123 e. The van der Waals surface area contributed by atoms with E-state index in [0.717, 1.165) is 29.9 Å². The van der Waals surface area contributed by atoms with E-state index in [0.29, 0.717) is 6.61 Å². The zero-order valence-corrected chi connectivity index (χ0v) is 10.9. The lowest BCUT2D eigenvalue weighted by Crippen LogP contribution is -2.11. The van der Waals surface area contributed by atoms with E-state index in [9.17, 15) is 0 Å². The number of allylic oxidation sites excluding steroid dienone is 2. The zero-order chi connectivity index (χ0) is 12.7. The third-order valence-corrected chi connectivity index (χ3v) is 3.52. The third-order valence-electron chi connectivity index (χ3n) is 3.52. The van der Waals surface area contributed by atoms with Gasteiger partial charge in [0.05, 0.1) is 0 Å². The lowest BCUT2D eigenvalue weighted by molar-refractivity contribution is 0.332. The minimum atomic E-state index is 0.643. The van der Waals surface area contributed by atoms with Gasteiger partial charge in [-0.1, -0.05) is 18.7 Å². The summed E-state index contributed by atoms with van der Waals surface area (Å²) in [6.07, 6.45) is 1.89. The van der Waals surface area contributed by atoms with E-state index in [-0.39, 0.29) is 0 Å². The number of hydrogen-bond acceptors (Lipinski definition) is 2. The number of rotatable bonds is 1. The molecule has 2 aliphatic rings. The van der Waals surface area contributed by atoms with Crippen molar-refractivity contribution in [3.8, 4) is 5.75 Å². The molecule has 0 aliphatic carbocycles. The van der Waals surface area contributed by atoms with E-state index >= 15 is 0 Å². The molecular formula is C16H17NO. The summed E-state index contributed by atoms with van der Waals surface area (Å²) in [5.74, 6) is 1.00. The lowest BCUT2D eigenvalue weighted by atomic mass is 9.96. The molecule has 92 valence electrons. The Morgan fingerprint density at radius 3 is 2.78 bits per heavy atom.